The number of carbonyl (C=O) groups excluding carboxylic acids is 1. The van der Waals surface area contributed by atoms with Gasteiger partial charge in [-0.05, 0) is 34.6 Å². The summed E-state index contributed by atoms with van der Waals surface area (Å²) < 4.78 is 11.5. The predicted octanol–water partition coefficient (Wildman–Crippen LogP) is 4.22. The first-order valence-electron chi connectivity index (χ1n) is 8.45. The average Bonchev–Trinajstić information content (AvgIpc) is 2.97. The first-order valence-corrected chi connectivity index (χ1v) is 8.45. The number of rotatable bonds is 4. The van der Waals surface area contributed by atoms with Crippen LogP contribution in [0, 0.1) is 5.41 Å². The second kappa shape index (κ2) is 6.84. The van der Waals surface area contributed by atoms with Crippen molar-refractivity contribution < 1.29 is 14.3 Å². The van der Waals surface area contributed by atoms with Gasteiger partial charge in [-0.1, -0.05) is 45.0 Å². The molecule has 2 N–H and O–H groups in total. The number of carbonyl (C=O) groups is 1. The summed E-state index contributed by atoms with van der Waals surface area (Å²) in [5.41, 5.74) is 9.59. The van der Waals surface area contributed by atoms with Crippen molar-refractivity contribution in [1.29, 1.82) is 0 Å². The molecular formula is C20H24N2O3. The standard InChI is InChI=1S/C20H24N2O3/c1-20(2,3)10-17(25-19(21)23)18-15-8-4-7-14(16(15)12-24-18)13-6-5-9-22-11-13/h4-9,11,17-18H,10,12H2,1-3H3,(H2,21,23). The number of nitrogens with zero attached hydrogens (tertiary/aromatic N) is 1. The highest BCUT2D eigenvalue weighted by atomic mass is 16.6. The van der Waals surface area contributed by atoms with E-state index in [-0.39, 0.29) is 11.5 Å². The van der Waals surface area contributed by atoms with Gasteiger partial charge in [0.15, 0.2) is 0 Å². The van der Waals surface area contributed by atoms with Crippen molar-refractivity contribution in [2.75, 3.05) is 0 Å². The zero-order valence-electron chi connectivity index (χ0n) is 14.9. The molecule has 5 nitrogen and oxygen atoms in total. The fraction of sp³-hybridized carbons (Fsp3) is 0.400. The number of fused-ring (bicyclic) bond motifs is 1. The van der Waals surface area contributed by atoms with Crippen molar-refractivity contribution in [2.45, 2.75) is 46.0 Å². The number of hydrogen-bond donors (Lipinski definition) is 1. The fourth-order valence-electron chi connectivity index (χ4n) is 3.36. The maximum absolute atomic E-state index is 11.4. The Morgan fingerprint density at radius 3 is 2.80 bits per heavy atom. The second-order valence-electron chi connectivity index (χ2n) is 7.59. The molecule has 3 rings (SSSR count). The second-order valence-corrected chi connectivity index (χ2v) is 7.59. The van der Waals surface area contributed by atoms with Crippen LogP contribution in [0.3, 0.4) is 0 Å². The van der Waals surface area contributed by atoms with Gasteiger partial charge in [-0.2, -0.15) is 0 Å². The Kier molecular flexibility index (Phi) is 4.77. The van der Waals surface area contributed by atoms with Crippen molar-refractivity contribution in [1.82, 2.24) is 4.98 Å². The van der Waals surface area contributed by atoms with E-state index in [2.05, 4.69) is 31.8 Å². The first kappa shape index (κ1) is 17.4. The molecule has 0 saturated heterocycles. The molecule has 0 aliphatic carbocycles. The van der Waals surface area contributed by atoms with Crippen LogP contribution in [0.2, 0.25) is 0 Å². The summed E-state index contributed by atoms with van der Waals surface area (Å²) in [6.45, 7) is 6.79. The zero-order chi connectivity index (χ0) is 18.0. The van der Waals surface area contributed by atoms with Crippen LogP contribution < -0.4 is 5.73 Å². The Hall–Kier alpha value is -2.40. The Labute approximate surface area is 148 Å². The molecule has 25 heavy (non-hydrogen) atoms. The third-order valence-electron chi connectivity index (χ3n) is 4.32. The SMILES string of the molecule is CC(C)(C)CC(OC(N)=O)C1OCc2c(-c3cccnc3)cccc21. The molecule has 2 heterocycles. The van der Waals surface area contributed by atoms with E-state index in [1.807, 2.05) is 30.5 Å². The van der Waals surface area contributed by atoms with Crippen LogP contribution in [-0.2, 0) is 16.1 Å². The molecule has 2 aromatic rings. The minimum atomic E-state index is -0.769. The lowest BCUT2D eigenvalue weighted by Gasteiger charge is -2.29. The molecule has 1 aromatic heterocycles. The minimum Gasteiger partial charge on any atom is -0.443 e. The monoisotopic (exact) mass is 340 g/mol. The van der Waals surface area contributed by atoms with Crippen molar-refractivity contribution in [3.05, 3.63) is 53.9 Å². The van der Waals surface area contributed by atoms with Gasteiger partial charge in [-0.15, -0.1) is 0 Å². The summed E-state index contributed by atoms with van der Waals surface area (Å²) >= 11 is 0. The summed E-state index contributed by atoms with van der Waals surface area (Å²) in [7, 11) is 0. The molecule has 0 radical (unpaired) electrons. The molecule has 5 heteroatoms. The van der Waals surface area contributed by atoms with Gasteiger partial charge < -0.3 is 15.2 Å². The molecule has 1 aliphatic rings. The number of hydrogen-bond acceptors (Lipinski definition) is 4. The van der Waals surface area contributed by atoms with Crippen molar-refractivity contribution in [3.8, 4) is 11.1 Å². The maximum Gasteiger partial charge on any atom is 0.404 e. The van der Waals surface area contributed by atoms with E-state index < -0.39 is 12.2 Å². The average molecular weight is 340 g/mol. The van der Waals surface area contributed by atoms with Gasteiger partial charge in [0.1, 0.15) is 12.2 Å². The number of pyridine rings is 1. The Bertz CT molecular complexity index is 753. The third kappa shape index (κ3) is 3.99. The van der Waals surface area contributed by atoms with E-state index in [4.69, 9.17) is 15.2 Å². The maximum atomic E-state index is 11.4. The van der Waals surface area contributed by atoms with Crippen LogP contribution in [0.15, 0.2) is 42.7 Å². The smallest absolute Gasteiger partial charge is 0.404 e. The summed E-state index contributed by atoms with van der Waals surface area (Å²) in [6, 6.07) is 10.0. The van der Waals surface area contributed by atoms with E-state index in [0.717, 1.165) is 22.3 Å². The summed E-state index contributed by atoms with van der Waals surface area (Å²) in [6.07, 6.45) is 2.77. The first-order chi connectivity index (χ1) is 11.8. The zero-order valence-corrected chi connectivity index (χ0v) is 14.9. The van der Waals surface area contributed by atoms with Gasteiger partial charge in [0, 0.05) is 18.0 Å². The lowest BCUT2D eigenvalue weighted by Crippen LogP contribution is -2.32. The number of aromatic nitrogens is 1. The van der Waals surface area contributed by atoms with E-state index >= 15 is 0 Å². The summed E-state index contributed by atoms with van der Waals surface area (Å²) in [4.78, 5) is 15.6. The van der Waals surface area contributed by atoms with Gasteiger partial charge in [-0.25, -0.2) is 4.79 Å². The molecule has 1 aromatic carbocycles. The molecule has 0 spiro atoms. The topological polar surface area (TPSA) is 74.4 Å². The van der Waals surface area contributed by atoms with E-state index in [0.29, 0.717) is 13.0 Å². The summed E-state index contributed by atoms with van der Waals surface area (Å²) in [5.74, 6) is 0. The van der Waals surface area contributed by atoms with Crippen LogP contribution in [0.5, 0.6) is 0 Å². The van der Waals surface area contributed by atoms with E-state index in [1.54, 1.807) is 6.20 Å². The molecule has 2 unspecified atom stereocenters. The molecule has 132 valence electrons. The normalized spacial score (nSPS) is 17.8. The number of nitrogens with two attached hydrogens (primary N) is 1. The van der Waals surface area contributed by atoms with Gasteiger partial charge >= 0.3 is 6.09 Å². The Balaban J connectivity index is 1.96. The molecule has 1 amide bonds. The van der Waals surface area contributed by atoms with Crippen molar-refractivity contribution in [2.24, 2.45) is 11.1 Å². The molecular weight excluding hydrogens is 316 g/mol. The van der Waals surface area contributed by atoms with Crippen LogP contribution in [-0.4, -0.2) is 17.2 Å². The van der Waals surface area contributed by atoms with Gasteiger partial charge in [0.05, 0.1) is 6.61 Å². The summed E-state index contributed by atoms with van der Waals surface area (Å²) in [5, 5.41) is 0. The van der Waals surface area contributed by atoms with Crippen LogP contribution in [0.25, 0.3) is 11.1 Å². The molecule has 1 aliphatic heterocycles. The fourth-order valence-corrected chi connectivity index (χ4v) is 3.36. The highest BCUT2D eigenvalue weighted by Crippen LogP contribution is 2.42. The lowest BCUT2D eigenvalue weighted by atomic mass is 9.85. The van der Waals surface area contributed by atoms with Gasteiger partial charge in [-0.3, -0.25) is 4.98 Å². The molecule has 0 fully saturated rings. The number of amides is 1. The van der Waals surface area contributed by atoms with E-state index in [1.165, 1.54) is 0 Å². The number of primary amides is 1. The minimum absolute atomic E-state index is 0.0206. The quantitative estimate of drug-likeness (QED) is 0.904. The molecule has 0 bridgehead atoms. The van der Waals surface area contributed by atoms with Crippen LogP contribution in [0.4, 0.5) is 4.79 Å². The number of benzene rings is 1. The lowest BCUT2D eigenvalue weighted by molar-refractivity contribution is -0.0501. The van der Waals surface area contributed by atoms with Gasteiger partial charge in [0.25, 0.3) is 0 Å². The molecule has 2 atom stereocenters. The Morgan fingerprint density at radius 2 is 2.16 bits per heavy atom. The van der Waals surface area contributed by atoms with Crippen LogP contribution in [0.1, 0.15) is 44.4 Å². The van der Waals surface area contributed by atoms with Crippen LogP contribution >= 0.6 is 0 Å². The largest absolute Gasteiger partial charge is 0.443 e. The number of ether oxygens (including phenoxy) is 2. The van der Waals surface area contributed by atoms with Crippen molar-refractivity contribution in [3.63, 3.8) is 0 Å². The van der Waals surface area contributed by atoms with Gasteiger partial charge in [0.2, 0.25) is 0 Å². The van der Waals surface area contributed by atoms with E-state index in [9.17, 15) is 4.79 Å². The highest BCUT2D eigenvalue weighted by molar-refractivity contribution is 5.69. The molecule has 0 saturated carbocycles. The third-order valence-corrected chi connectivity index (χ3v) is 4.32. The Morgan fingerprint density at radius 1 is 1.36 bits per heavy atom. The predicted molar refractivity (Wildman–Crippen MR) is 95.7 cm³/mol. The van der Waals surface area contributed by atoms with Crippen molar-refractivity contribution >= 4 is 6.09 Å². The highest BCUT2D eigenvalue weighted by Gasteiger charge is 2.36.